The van der Waals surface area contributed by atoms with Gasteiger partial charge >= 0.3 is 0 Å². The number of hydrogen-bond donors (Lipinski definition) is 1. The predicted molar refractivity (Wildman–Crippen MR) is 83.2 cm³/mol. The van der Waals surface area contributed by atoms with Gasteiger partial charge in [-0.1, -0.05) is 36.9 Å². The third-order valence-electron chi connectivity index (χ3n) is 4.11. The van der Waals surface area contributed by atoms with Crippen LogP contribution in [0.5, 0.6) is 0 Å². The third kappa shape index (κ3) is 4.48. The third-order valence-corrected chi connectivity index (χ3v) is 4.11. The molecule has 104 valence electrons. The van der Waals surface area contributed by atoms with Crippen LogP contribution in [0.2, 0.25) is 0 Å². The summed E-state index contributed by atoms with van der Waals surface area (Å²) in [5.74, 6) is 0.911. The second kappa shape index (κ2) is 7.46. The minimum atomic E-state index is 0.911. The molecule has 2 rings (SSSR count). The van der Waals surface area contributed by atoms with Crippen LogP contribution in [0.3, 0.4) is 0 Å². The summed E-state index contributed by atoms with van der Waals surface area (Å²) in [7, 11) is 2.04. The fraction of sp³-hybridized carbons (Fsp3) is 0.529. The molecular weight excluding hydrogens is 232 g/mol. The van der Waals surface area contributed by atoms with Gasteiger partial charge in [-0.2, -0.15) is 0 Å². The summed E-state index contributed by atoms with van der Waals surface area (Å²) in [6.07, 6.45) is 4.00. The van der Waals surface area contributed by atoms with Crippen LogP contribution in [0.1, 0.15) is 24.8 Å². The lowest BCUT2D eigenvalue weighted by atomic mass is 9.93. The van der Waals surface area contributed by atoms with Crippen LogP contribution in [0, 0.1) is 5.92 Å². The van der Waals surface area contributed by atoms with E-state index in [1.165, 1.54) is 43.5 Å². The lowest BCUT2D eigenvalue weighted by molar-refractivity contribution is 0.197. The smallest absolute Gasteiger partial charge is 0.0233 e. The topological polar surface area (TPSA) is 15.3 Å². The molecule has 1 fully saturated rings. The summed E-state index contributed by atoms with van der Waals surface area (Å²) < 4.78 is 0. The van der Waals surface area contributed by atoms with E-state index in [9.17, 15) is 0 Å². The van der Waals surface area contributed by atoms with E-state index in [2.05, 4.69) is 47.1 Å². The summed E-state index contributed by atoms with van der Waals surface area (Å²) in [5.41, 5.74) is 2.52. The maximum atomic E-state index is 4.24. The van der Waals surface area contributed by atoms with E-state index in [1.54, 1.807) is 0 Å². The average Bonchev–Trinajstić information content (AvgIpc) is 2.47. The molecule has 2 nitrogen and oxygen atoms in total. The fourth-order valence-corrected chi connectivity index (χ4v) is 2.82. The van der Waals surface area contributed by atoms with Gasteiger partial charge in [0.1, 0.15) is 0 Å². The van der Waals surface area contributed by atoms with Crippen molar-refractivity contribution in [3.63, 3.8) is 0 Å². The van der Waals surface area contributed by atoms with E-state index < -0.39 is 0 Å². The van der Waals surface area contributed by atoms with E-state index >= 15 is 0 Å². The molecule has 0 unspecified atom stereocenters. The molecule has 1 aromatic rings. The van der Waals surface area contributed by atoms with E-state index in [1.807, 2.05) is 7.05 Å². The van der Waals surface area contributed by atoms with Gasteiger partial charge in [0.2, 0.25) is 0 Å². The largest absolute Gasteiger partial charge is 0.320 e. The van der Waals surface area contributed by atoms with Crippen molar-refractivity contribution in [1.29, 1.82) is 0 Å². The lowest BCUT2D eigenvalue weighted by Gasteiger charge is -2.32. The zero-order valence-corrected chi connectivity index (χ0v) is 12.1. The fourth-order valence-electron chi connectivity index (χ4n) is 2.82. The second-order valence-electron chi connectivity index (χ2n) is 5.58. The SMILES string of the molecule is C=C(CN1CCC(CCNC)CC1)c1ccccc1. The van der Waals surface area contributed by atoms with Gasteiger partial charge in [-0.05, 0) is 63.0 Å². The molecule has 0 spiro atoms. The molecule has 0 aromatic heterocycles. The van der Waals surface area contributed by atoms with Gasteiger partial charge in [-0.15, -0.1) is 0 Å². The van der Waals surface area contributed by atoms with Crippen LogP contribution in [0.15, 0.2) is 36.9 Å². The van der Waals surface area contributed by atoms with Gasteiger partial charge < -0.3 is 5.32 Å². The van der Waals surface area contributed by atoms with Crippen LogP contribution in [0.25, 0.3) is 5.57 Å². The maximum absolute atomic E-state index is 4.24. The molecule has 19 heavy (non-hydrogen) atoms. The zero-order chi connectivity index (χ0) is 13.5. The van der Waals surface area contributed by atoms with Crippen molar-refractivity contribution in [3.8, 4) is 0 Å². The van der Waals surface area contributed by atoms with Gasteiger partial charge in [-0.3, -0.25) is 4.90 Å². The number of likely N-dealkylation sites (tertiary alicyclic amines) is 1. The van der Waals surface area contributed by atoms with Crippen molar-refractivity contribution in [2.75, 3.05) is 33.2 Å². The number of nitrogens with zero attached hydrogens (tertiary/aromatic N) is 1. The van der Waals surface area contributed by atoms with Crippen LogP contribution < -0.4 is 5.32 Å². The molecule has 1 aliphatic rings. The first-order valence-electron chi connectivity index (χ1n) is 7.39. The summed E-state index contributed by atoms with van der Waals surface area (Å²) in [4.78, 5) is 2.55. The second-order valence-corrected chi connectivity index (χ2v) is 5.58. The molecule has 1 N–H and O–H groups in total. The Labute approximate surface area is 117 Å². The van der Waals surface area contributed by atoms with Gasteiger partial charge in [-0.25, -0.2) is 0 Å². The molecule has 2 heteroatoms. The van der Waals surface area contributed by atoms with E-state index in [0.717, 1.165) is 19.0 Å². The van der Waals surface area contributed by atoms with Crippen molar-refractivity contribution < 1.29 is 0 Å². The molecule has 1 aliphatic heterocycles. The molecule has 1 heterocycles. The Kier molecular flexibility index (Phi) is 5.62. The van der Waals surface area contributed by atoms with Gasteiger partial charge in [0.25, 0.3) is 0 Å². The normalized spacial score (nSPS) is 17.5. The highest BCUT2D eigenvalue weighted by Crippen LogP contribution is 2.22. The highest BCUT2D eigenvalue weighted by Gasteiger charge is 2.19. The number of benzene rings is 1. The summed E-state index contributed by atoms with van der Waals surface area (Å²) in [6.45, 7) is 8.85. The minimum absolute atomic E-state index is 0.911. The molecule has 0 saturated carbocycles. The zero-order valence-electron chi connectivity index (χ0n) is 12.1. The van der Waals surface area contributed by atoms with Crippen molar-refractivity contribution in [2.45, 2.75) is 19.3 Å². The Morgan fingerprint density at radius 1 is 1.26 bits per heavy atom. The first-order chi connectivity index (χ1) is 9.29. The molecule has 0 amide bonds. The van der Waals surface area contributed by atoms with E-state index in [0.29, 0.717) is 0 Å². The maximum Gasteiger partial charge on any atom is 0.0233 e. The Morgan fingerprint density at radius 2 is 1.95 bits per heavy atom. The Bertz CT molecular complexity index is 378. The Balaban J connectivity index is 1.75. The van der Waals surface area contributed by atoms with Gasteiger partial charge in [0.05, 0.1) is 0 Å². The van der Waals surface area contributed by atoms with E-state index in [4.69, 9.17) is 0 Å². The molecule has 1 aromatic carbocycles. The summed E-state index contributed by atoms with van der Waals surface area (Å²) in [6, 6.07) is 10.5. The number of nitrogens with one attached hydrogen (secondary N) is 1. The lowest BCUT2D eigenvalue weighted by Crippen LogP contribution is -2.35. The first kappa shape index (κ1) is 14.3. The molecule has 0 bridgehead atoms. The van der Waals surface area contributed by atoms with Crippen LogP contribution in [-0.2, 0) is 0 Å². The molecule has 0 atom stereocenters. The van der Waals surface area contributed by atoms with Crippen LogP contribution in [0.4, 0.5) is 0 Å². The van der Waals surface area contributed by atoms with Crippen molar-refractivity contribution in [2.24, 2.45) is 5.92 Å². The summed E-state index contributed by atoms with van der Waals surface area (Å²) >= 11 is 0. The number of rotatable bonds is 6. The minimum Gasteiger partial charge on any atom is -0.320 e. The average molecular weight is 258 g/mol. The number of piperidine rings is 1. The Hall–Kier alpha value is -1.12. The van der Waals surface area contributed by atoms with Gasteiger partial charge in [0, 0.05) is 6.54 Å². The number of hydrogen-bond acceptors (Lipinski definition) is 2. The highest BCUT2D eigenvalue weighted by molar-refractivity contribution is 5.64. The molecular formula is C17H26N2. The van der Waals surface area contributed by atoms with E-state index in [-0.39, 0.29) is 0 Å². The van der Waals surface area contributed by atoms with Crippen LogP contribution >= 0.6 is 0 Å². The van der Waals surface area contributed by atoms with Crippen molar-refractivity contribution in [3.05, 3.63) is 42.5 Å². The molecule has 0 aliphatic carbocycles. The molecule has 1 saturated heterocycles. The predicted octanol–water partition coefficient (Wildman–Crippen LogP) is 3.02. The standard InChI is InChI=1S/C17H26N2/c1-15(17-6-4-3-5-7-17)14-19-12-9-16(10-13-19)8-11-18-2/h3-7,16,18H,1,8-14H2,2H3. The Morgan fingerprint density at radius 3 is 2.58 bits per heavy atom. The molecule has 0 radical (unpaired) electrons. The van der Waals surface area contributed by atoms with Crippen LogP contribution in [-0.4, -0.2) is 38.1 Å². The highest BCUT2D eigenvalue weighted by atomic mass is 15.1. The quantitative estimate of drug-likeness (QED) is 0.844. The van der Waals surface area contributed by atoms with Gasteiger partial charge in [0.15, 0.2) is 0 Å². The summed E-state index contributed by atoms with van der Waals surface area (Å²) in [5, 5.41) is 3.25. The van der Waals surface area contributed by atoms with Crippen molar-refractivity contribution >= 4 is 5.57 Å². The van der Waals surface area contributed by atoms with Crippen molar-refractivity contribution in [1.82, 2.24) is 10.2 Å². The monoisotopic (exact) mass is 258 g/mol. The first-order valence-corrected chi connectivity index (χ1v) is 7.39.